The summed E-state index contributed by atoms with van der Waals surface area (Å²) in [6.07, 6.45) is 9.84. The molecule has 0 atom stereocenters. The molecule has 3 aliphatic rings. The van der Waals surface area contributed by atoms with Crippen LogP contribution < -0.4 is 4.74 Å². The molecule has 0 bridgehead atoms. The zero-order valence-corrected chi connectivity index (χ0v) is 30.2. The predicted molar refractivity (Wildman–Crippen MR) is 198 cm³/mol. The lowest BCUT2D eigenvalue weighted by molar-refractivity contribution is -0.401. The summed E-state index contributed by atoms with van der Waals surface area (Å²) >= 11 is 0. The van der Waals surface area contributed by atoms with E-state index in [1.54, 1.807) is 0 Å². The molecule has 1 saturated heterocycles. The van der Waals surface area contributed by atoms with Crippen molar-refractivity contribution in [3.05, 3.63) is 113 Å². The highest BCUT2D eigenvalue weighted by molar-refractivity contribution is 6.06. The van der Waals surface area contributed by atoms with E-state index in [2.05, 4.69) is 142 Å². The van der Waals surface area contributed by atoms with Gasteiger partial charge in [0, 0.05) is 53.8 Å². The third-order valence-electron chi connectivity index (χ3n) is 10.1. The Bertz CT molecular complexity index is 2050. The van der Waals surface area contributed by atoms with E-state index in [0.717, 1.165) is 22.4 Å². The van der Waals surface area contributed by atoms with Gasteiger partial charge in [-0.3, -0.25) is 14.4 Å². The average Bonchev–Trinajstić information content (AvgIpc) is 3.60. The Morgan fingerprint density at radius 3 is 1.92 bits per heavy atom. The smallest absolute Gasteiger partial charge is 0.465 e. The molecule has 2 amide bonds. The highest BCUT2D eigenvalue weighted by Crippen LogP contribution is 2.41. The second-order valence-corrected chi connectivity index (χ2v) is 14.1. The summed E-state index contributed by atoms with van der Waals surface area (Å²) < 4.78 is 15.8. The number of amides is 2. The van der Waals surface area contributed by atoms with Gasteiger partial charge < -0.3 is 9.47 Å². The maximum Gasteiger partial charge on any atom is 0.533 e. The van der Waals surface area contributed by atoms with Crippen LogP contribution in [-0.2, 0) is 36.4 Å². The lowest BCUT2D eigenvalue weighted by atomic mass is 9.81. The van der Waals surface area contributed by atoms with Gasteiger partial charge in [0.1, 0.15) is 19.8 Å². The number of hydroxylamine groups is 2. The summed E-state index contributed by atoms with van der Waals surface area (Å²) in [6, 6.07) is 21.1. The molecule has 0 spiro atoms. The molecule has 9 nitrogen and oxygen atoms in total. The minimum Gasteiger partial charge on any atom is -0.465 e. The van der Waals surface area contributed by atoms with Gasteiger partial charge in [-0.25, -0.2) is 4.79 Å². The van der Waals surface area contributed by atoms with Gasteiger partial charge in [-0.05, 0) is 75.9 Å². The number of hydrogen-bond acceptors (Lipinski definition) is 6. The minimum atomic E-state index is -1.09. The number of ether oxygens (including phenoxy) is 2. The molecule has 51 heavy (non-hydrogen) atoms. The van der Waals surface area contributed by atoms with Crippen LogP contribution in [0.15, 0.2) is 85.7 Å². The first kappa shape index (κ1) is 35.3. The number of carbonyl (C=O) groups excluding carboxylic acids is 3. The van der Waals surface area contributed by atoms with Gasteiger partial charge in [0.15, 0.2) is 11.4 Å². The van der Waals surface area contributed by atoms with Crippen LogP contribution in [0.4, 0.5) is 16.2 Å². The third kappa shape index (κ3) is 6.68. The number of nitrogens with zero attached hydrogens (tertiary/aromatic N) is 3. The van der Waals surface area contributed by atoms with E-state index in [-0.39, 0.29) is 30.3 Å². The second-order valence-electron chi connectivity index (χ2n) is 14.1. The van der Waals surface area contributed by atoms with E-state index in [4.69, 9.17) is 14.3 Å². The third-order valence-corrected chi connectivity index (χ3v) is 10.1. The second kappa shape index (κ2) is 14.0. The molecule has 0 aliphatic carbocycles. The van der Waals surface area contributed by atoms with Gasteiger partial charge in [0.2, 0.25) is 11.4 Å². The molecular formula is C42H45N3O6+2. The zero-order chi connectivity index (χ0) is 36.5. The van der Waals surface area contributed by atoms with Crippen LogP contribution in [0.25, 0.3) is 12.2 Å². The number of allylic oxidation sites excluding steroid dienone is 2. The molecular weight excluding hydrogens is 642 g/mol. The van der Waals surface area contributed by atoms with E-state index < -0.39 is 18.0 Å². The Morgan fingerprint density at radius 1 is 0.824 bits per heavy atom. The lowest BCUT2D eigenvalue weighted by Crippen LogP contribution is -2.32. The quantitative estimate of drug-likeness (QED) is 0.0673. The summed E-state index contributed by atoms with van der Waals surface area (Å²) in [5.41, 5.74) is 9.62. The topological polar surface area (TPSA) is 88.2 Å². The molecule has 3 aromatic carbocycles. The van der Waals surface area contributed by atoms with Crippen LogP contribution in [-0.4, -0.2) is 64.3 Å². The predicted octanol–water partition coefficient (Wildman–Crippen LogP) is 7.80. The first-order valence-corrected chi connectivity index (χ1v) is 17.3. The summed E-state index contributed by atoms with van der Waals surface area (Å²) in [7, 11) is 4.19. The van der Waals surface area contributed by atoms with Gasteiger partial charge >= 0.3 is 6.16 Å². The van der Waals surface area contributed by atoms with Crippen molar-refractivity contribution in [3.8, 4) is 5.75 Å². The maximum atomic E-state index is 12.3. The lowest BCUT2D eigenvalue weighted by Gasteiger charge is -2.17. The van der Waals surface area contributed by atoms with Gasteiger partial charge in [0.25, 0.3) is 11.8 Å². The van der Waals surface area contributed by atoms with Crippen molar-refractivity contribution in [2.24, 2.45) is 0 Å². The van der Waals surface area contributed by atoms with Crippen LogP contribution in [0.5, 0.6) is 5.75 Å². The number of benzene rings is 3. The average molecular weight is 688 g/mol. The Labute approximate surface area is 299 Å². The molecule has 0 aromatic heterocycles. The Kier molecular flexibility index (Phi) is 9.66. The van der Waals surface area contributed by atoms with E-state index in [9.17, 15) is 14.4 Å². The van der Waals surface area contributed by atoms with Crippen molar-refractivity contribution in [2.45, 2.75) is 64.2 Å². The fourth-order valence-corrected chi connectivity index (χ4v) is 7.50. The monoisotopic (exact) mass is 687 g/mol. The molecule has 1 fully saturated rings. The summed E-state index contributed by atoms with van der Waals surface area (Å²) in [4.78, 5) is 40.8. The summed E-state index contributed by atoms with van der Waals surface area (Å²) in [5, 5.41) is 0.478. The molecule has 0 unspecified atom stereocenters. The highest BCUT2D eigenvalue weighted by Gasteiger charge is 2.43. The van der Waals surface area contributed by atoms with Crippen molar-refractivity contribution in [3.63, 3.8) is 0 Å². The summed E-state index contributed by atoms with van der Waals surface area (Å²) in [5.74, 6) is -0.460. The fourth-order valence-electron chi connectivity index (χ4n) is 7.50. The fraction of sp³-hybridized carbons (Fsp3) is 0.310. The van der Waals surface area contributed by atoms with Crippen molar-refractivity contribution < 1.29 is 37.8 Å². The first-order valence-electron chi connectivity index (χ1n) is 17.3. The largest absolute Gasteiger partial charge is 0.533 e. The number of para-hydroxylation sites is 2. The van der Waals surface area contributed by atoms with Crippen molar-refractivity contribution in [2.75, 3.05) is 20.7 Å². The van der Waals surface area contributed by atoms with Gasteiger partial charge in [-0.1, -0.05) is 48.0 Å². The van der Waals surface area contributed by atoms with Crippen LogP contribution in [0.2, 0.25) is 0 Å². The number of rotatable bonds is 11. The van der Waals surface area contributed by atoms with Gasteiger partial charge in [-0.2, -0.15) is 9.15 Å². The number of hydrogen-bond donors (Lipinski definition) is 0. The Balaban J connectivity index is 1.31. The van der Waals surface area contributed by atoms with Crippen molar-refractivity contribution in [1.29, 1.82) is 0 Å². The van der Waals surface area contributed by atoms with E-state index in [1.807, 2.05) is 0 Å². The maximum absolute atomic E-state index is 12.3. The Morgan fingerprint density at radius 2 is 1.37 bits per heavy atom. The van der Waals surface area contributed by atoms with E-state index in [0.29, 0.717) is 23.7 Å². The minimum absolute atomic E-state index is 0.0121. The van der Waals surface area contributed by atoms with Crippen LogP contribution >= 0.6 is 0 Å². The van der Waals surface area contributed by atoms with Crippen LogP contribution in [0.3, 0.4) is 0 Å². The molecule has 9 heteroatoms. The van der Waals surface area contributed by atoms with Crippen LogP contribution in [0, 0.1) is 0 Å². The number of fused-ring (bicyclic) bond motifs is 2. The number of imide groups is 1. The van der Waals surface area contributed by atoms with Gasteiger partial charge in [0.05, 0.1) is 23.7 Å². The molecule has 3 heterocycles. The van der Waals surface area contributed by atoms with Crippen LogP contribution in [0.1, 0.15) is 74.8 Å². The SMILES string of the molecule is C=COc1c(/C=C/C2=[N+](C)c3ccccc3C2(C)C)cc(/C=C/C2=[N+](C)c3ccccc3C2(C)C)cc1CCCOC(=O)ON1C(=O)CCC1=O. The molecule has 0 radical (unpaired) electrons. The van der Waals surface area contributed by atoms with Crippen molar-refractivity contribution in [1.82, 2.24) is 5.06 Å². The standard InChI is InChI=1S/C42H45N3O6/c1-8-49-39-29(14-13-25-50-40(48)51-45-37(46)23-24-38(45)47)26-28(19-21-35-41(2,3)31-15-9-11-17-33(31)43(35)6)27-30(39)20-22-36-42(4,5)32-16-10-12-18-34(32)44(36)7/h8-12,15-22,26-27H,1,13-14,23-25H2,2-7H3/q+2/b21-19+,22-20+. The zero-order valence-electron chi connectivity index (χ0n) is 30.2. The Hall–Kier alpha value is -5.57. The molecule has 0 saturated carbocycles. The summed E-state index contributed by atoms with van der Waals surface area (Å²) in [6.45, 7) is 12.8. The molecule has 6 rings (SSSR count). The molecule has 3 aromatic rings. The first-order chi connectivity index (χ1) is 24.3. The normalized spacial score (nSPS) is 17.5. The molecule has 3 aliphatic heterocycles. The van der Waals surface area contributed by atoms with E-state index >= 15 is 0 Å². The molecule has 262 valence electrons. The highest BCUT2D eigenvalue weighted by atomic mass is 16.8. The number of aryl methyl sites for hydroxylation is 1. The van der Waals surface area contributed by atoms with E-state index in [1.165, 1.54) is 34.5 Å². The van der Waals surface area contributed by atoms with Crippen molar-refractivity contribution >= 4 is 52.9 Å². The molecule has 0 N–H and O–H groups in total. The van der Waals surface area contributed by atoms with Gasteiger partial charge in [-0.15, -0.1) is 0 Å². The number of carbonyl (C=O) groups is 3.